The number of ether oxygens (including phenoxy) is 3. The molecule has 7 nitrogen and oxygen atoms in total. The summed E-state index contributed by atoms with van der Waals surface area (Å²) in [5.74, 6) is 0.881. The number of rotatable bonds is 12. The van der Waals surface area contributed by atoms with Crippen molar-refractivity contribution in [3.63, 3.8) is 0 Å². The normalized spacial score (nSPS) is 16.1. The first-order valence-corrected chi connectivity index (χ1v) is 11.7. The number of thioether (sulfide) groups is 1. The smallest absolute Gasteiger partial charge is 0.407 e. The fraction of sp³-hybridized carbons (Fsp3) is 0.609. The van der Waals surface area contributed by atoms with Crippen molar-refractivity contribution >= 4 is 17.9 Å². The molecule has 8 heteroatoms. The van der Waals surface area contributed by atoms with Crippen LogP contribution in [0.4, 0.5) is 4.79 Å². The molecule has 2 N–H and O–H groups in total. The van der Waals surface area contributed by atoms with Crippen molar-refractivity contribution in [2.75, 3.05) is 46.5 Å². The van der Waals surface area contributed by atoms with E-state index in [0.29, 0.717) is 13.2 Å². The summed E-state index contributed by atoms with van der Waals surface area (Å²) in [5.41, 5.74) is 0.670. The molecule has 0 saturated heterocycles. The van der Waals surface area contributed by atoms with Gasteiger partial charge in [-0.1, -0.05) is 30.8 Å². The zero-order valence-electron chi connectivity index (χ0n) is 19.4. The molecule has 1 aliphatic heterocycles. The van der Waals surface area contributed by atoms with Gasteiger partial charge in [-0.05, 0) is 51.4 Å². The molecule has 1 aromatic rings. The number of carbonyl (C=O) groups is 1. The van der Waals surface area contributed by atoms with E-state index >= 15 is 0 Å². The van der Waals surface area contributed by atoms with E-state index in [0.717, 1.165) is 48.9 Å². The molecule has 0 fully saturated rings. The largest absolute Gasteiger partial charge is 0.494 e. The molecule has 1 heterocycles. The van der Waals surface area contributed by atoms with E-state index < -0.39 is 11.7 Å². The Morgan fingerprint density at radius 1 is 1.19 bits per heavy atom. The molecule has 0 spiro atoms. The third kappa shape index (κ3) is 9.84. The van der Waals surface area contributed by atoms with E-state index in [2.05, 4.69) is 34.6 Å². The van der Waals surface area contributed by atoms with Crippen LogP contribution in [0.5, 0.6) is 5.75 Å². The van der Waals surface area contributed by atoms with Gasteiger partial charge in [-0.25, -0.2) is 4.79 Å². The number of amides is 1. The van der Waals surface area contributed by atoms with Crippen LogP contribution in [0.3, 0.4) is 0 Å². The van der Waals surface area contributed by atoms with E-state index in [1.54, 1.807) is 18.9 Å². The van der Waals surface area contributed by atoms with Crippen LogP contribution in [0.2, 0.25) is 0 Å². The third-order valence-electron chi connectivity index (χ3n) is 4.60. The monoisotopic (exact) mass is 451 g/mol. The van der Waals surface area contributed by atoms with Crippen LogP contribution in [-0.4, -0.2) is 63.1 Å². The van der Waals surface area contributed by atoms with Gasteiger partial charge in [0.05, 0.1) is 19.8 Å². The van der Waals surface area contributed by atoms with Crippen LogP contribution in [-0.2, 0) is 9.47 Å². The minimum Gasteiger partial charge on any atom is -0.494 e. The maximum absolute atomic E-state index is 11.8. The van der Waals surface area contributed by atoms with Crippen molar-refractivity contribution in [1.29, 1.82) is 0 Å². The molecular weight excluding hydrogens is 414 g/mol. The molecule has 1 aliphatic rings. The highest BCUT2D eigenvalue weighted by Crippen LogP contribution is 2.37. The van der Waals surface area contributed by atoms with Crippen LogP contribution in [0, 0.1) is 0 Å². The number of methoxy groups -OCH3 is 1. The molecular formula is C23H37N3O4S. The number of nitrogens with one attached hydrogen (secondary N) is 2. The van der Waals surface area contributed by atoms with Gasteiger partial charge in [0.1, 0.15) is 16.7 Å². The summed E-state index contributed by atoms with van der Waals surface area (Å²) >= 11 is 1.69. The van der Waals surface area contributed by atoms with Gasteiger partial charge in [-0.15, -0.1) is 0 Å². The maximum atomic E-state index is 11.8. The molecule has 1 aromatic carbocycles. The Balaban J connectivity index is 1.68. The van der Waals surface area contributed by atoms with Crippen LogP contribution in [0.15, 0.2) is 35.4 Å². The molecule has 0 saturated carbocycles. The van der Waals surface area contributed by atoms with Crippen LogP contribution in [0.1, 0.15) is 45.1 Å². The Bertz CT molecular complexity index is 704. The number of benzene rings is 1. The summed E-state index contributed by atoms with van der Waals surface area (Å²) < 4.78 is 16.3. The van der Waals surface area contributed by atoms with Crippen molar-refractivity contribution < 1.29 is 19.0 Å². The lowest BCUT2D eigenvalue weighted by Crippen LogP contribution is -2.33. The zero-order valence-corrected chi connectivity index (χ0v) is 20.2. The molecule has 174 valence electrons. The SMILES string of the molecule is CCN(CCCOc1ccc(C2NC=C(CNC(=O)OC(C)(C)C)S2)cc1)CCOC. The fourth-order valence-corrected chi connectivity index (χ4v) is 4.01. The van der Waals surface area contributed by atoms with E-state index in [1.807, 2.05) is 39.1 Å². The zero-order chi connectivity index (χ0) is 22.7. The van der Waals surface area contributed by atoms with Crippen LogP contribution >= 0.6 is 11.8 Å². The first-order valence-electron chi connectivity index (χ1n) is 10.8. The van der Waals surface area contributed by atoms with Crippen molar-refractivity contribution in [2.24, 2.45) is 0 Å². The maximum Gasteiger partial charge on any atom is 0.407 e. The second kappa shape index (κ2) is 12.8. The Kier molecular flexibility index (Phi) is 10.5. The number of hydrogen-bond donors (Lipinski definition) is 2. The second-order valence-electron chi connectivity index (χ2n) is 8.33. The molecule has 1 atom stereocenters. The summed E-state index contributed by atoms with van der Waals surface area (Å²) in [6.07, 6.45) is 2.52. The van der Waals surface area contributed by atoms with Crippen molar-refractivity contribution in [2.45, 2.75) is 45.1 Å². The average Bonchev–Trinajstić information content (AvgIpc) is 3.20. The number of likely N-dealkylation sites (N-methyl/N-ethyl adjacent to an activating group) is 1. The van der Waals surface area contributed by atoms with Gasteiger partial charge in [0, 0.05) is 31.3 Å². The molecule has 31 heavy (non-hydrogen) atoms. The highest BCUT2D eigenvalue weighted by atomic mass is 32.2. The summed E-state index contributed by atoms with van der Waals surface area (Å²) in [4.78, 5) is 15.2. The highest BCUT2D eigenvalue weighted by Gasteiger charge is 2.21. The van der Waals surface area contributed by atoms with Crippen LogP contribution in [0.25, 0.3) is 0 Å². The minimum absolute atomic E-state index is 0.128. The first kappa shape index (κ1) is 25.4. The van der Waals surface area contributed by atoms with Gasteiger partial charge in [-0.2, -0.15) is 0 Å². The third-order valence-corrected chi connectivity index (χ3v) is 5.81. The van der Waals surface area contributed by atoms with E-state index in [9.17, 15) is 4.79 Å². The molecule has 2 rings (SSSR count). The summed E-state index contributed by atoms with van der Waals surface area (Å²) in [7, 11) is 1.73. The van der Waals surface area contributed by atoms with Crippen molar-refractivity contribution in [3.05, 3.63) is 40.9 Å². The van der Waals surface area contributed by atoms with E-state index in [4.69, 9.17) is 14.2 Å². The van der Waals surface area contributed by atoms with Crippen molar-refractivity contribution in [1.82, 2.24) is 15.5 Å². The highest BCUT2D eigenvalue weighted by molar-refractivity contribution is 8.03. The topological polar surface area (TPSA) is 72.1 Å². The Labute approximate surface area is 190 Å². The van der Waals surface area contributed by atoms with Gasteiger partial charge in [0.15, 0.2) is 0 Å². The molecule has 1 amide bonds. The second-order valence-corrected chi connectivity index (χ2v) is 9.56. The van der Waals surface area contributed by atoms with E-state index in [1.165, 1.54) is 0 Å². The first-order chi connectivity index (χ1) is 14.8. The van der Waals surface area contributed by atoms with Gasteiger partial charge in [0.25, 0.3) is 0 Å². The molecule has 0 aliphatic carbocycles. The van der Waals surface area contributed by atoms with Gasteiger partial charge in [-0.3, -0.25) is 0 Å². The molecule has 1 unspecified atom stereocenters. The fourth-order valence-electron chi connectivity index (χ4n) is 2.98. The summed E-state index contributed by atoms with van der Waals surface area (Å²) in [6, 6.07) is 8.18. The average molecular weight is 452 g/mol. The number of alkyl carbamates (subject to hydrolysis) is 1. The van der Waals surface area contributed by atoms with Crippen molar-refractivity contribution in [3.8, 4) is 5.75 Å². The number of carbonyl (C=O) groups excluding carboxylic acids is 1. The molecule has 0 aromatic heterocycles. The van der Waals surface area contributed by atoms with E-state index in [-0.39, 0.29) is 5.37 Å². The van der Waals surface area contributed by atoms with Gasteiger partial charge in [0.2, 0.25) is 0 Å². The Morgan fingerprint density at radius 2 is 1.94 bits per heavy atom. The van der Waals surface area contributed by atoms with Crippen LogP contribution < -0.4 is 15.4 Å². The summed E-state index contributed by atoms with van der Waals surface area (Å²) in [5, 5.41) is 6.28. The lowest BCUT2D eigenvalue weighted by Gasteiger charge is -2.20. The lowest BCUT2D eigenvalue weighted by atomic mass is 10.2. The standard InChI is InChI=1S/C23H37N3O4S/c1-6-26(13-15-28-5)12-7-14-29-19-10-8-18(9-11-19)21-24-16-20(31-21)17-25-22(27)30-23(2,3)4/h8-11,16,21,24H,6-7,12-15,17H2,1-5H3,(H,25,27). The number of nitrogens with zero attached hydrogens (tertiary/aromatic N) is 1. The predicted molar refractivity (Wildman–Crippen MR) is 126 cm³/mol. The van der Waals surface area contributed by atoms with Gasteiger partial charge < -0.3 is 29.7 Å². The van der Waals surface area contributed by atoms with Gasteiger partial charge >= 0.3 is 6.09 Å². The lowest BCUT2D eigenvalue weighted by molar-refractivity contribution is 0.0533. The Morgan fingerprint density at radius 3 is 2.58 bits per heavy atom. The minimum atomic E-state index is -0.495. The predicted octanol–water partition coefficient (Wildman–Crippen LogP) is 4.12. The number of hydrogen-bond acceptors (Lipinski definition) is 7. The summed E-state index contributed by atoms with van der Waals surface area (Å²) in [6.45, 7) is 12.6. The quantitative estimate of drug-likeness (QED) is 0.463. The Hall–Kier alpha value is -1.90. The molecule has 0 bridgehead atoms. The molecule has 0 radical (unpaired) electrons.